The third-order valence-corrected chi connectivity index (χ3v) is 3.93. The quantitative estimate of drug-likeness (QED) is 0.872. The molecule has 2 aromatic rings. The molecule has 0 unspecified atom stereocenters. The Balaban J connectivity index is 2.18. The van der Waals surface area contributed by atoms with Gasteiger partial charge in [0, 0.05) is 19.6 Å². The van der Waals surface area contributed by atoms with Gasteiger partial charge >= 0.3 is 0 Å². The molecule has 0 spiro atoms. The molecule has 0 aliphatic heterocycles. The summed E-state index contributed by atoms with van der Waals surface area (Å²) in [5, 5.41) is 4.51. The topological polar surface area (TPSA) is 64.9 Å². The summed E-state index contributed by atoms with van der Waals surface area (Å²) in [7, 11) is 4.11. The van der Waals surface area contributed by atoms with E-state index in [0.717, 1.165) is 42.8 Å². The molecule has 6 nitrogen and oxygen atoms in total. The Bertz CT molecular complexity index is 580. The fraction of sp³-hybridized carbons (Fsp3) is 0.714. The molecular weight excluding hydrogens is 252 g/mol. The van der Waals surface area contributed by atoms with Crippen molar-refractivity contribution in [1.29, 1.82) is 0 Å². The molecule has 0 aromatic carbocycles. The van der Waals surface area contributed by atoms with Crippen LogP contribution in [-0.2, 0) is 20.0 Å². The van der Waals surface area contributed by atoms with Gasteiger partial charge in [-0.15, -0.1) is 0 Å². The lowest BCUT2D eigenvalue weighted by Crippen LogP contribution is -2.28. The minimum atomic E-state index is 0.568. The lowest BCUT2D eigenvalue weighted by molar-refractivity contribution is 0.266. The number of imidazole rings is 1. The lowest BCUT2D eigenvalue weighted by Gasteiger charge is -2.20. The summed E-state index contributed by atoms with van der Waals surface area (Å²) in [6.07, 6.45) is 1.93. The summed E-state index contributed by atoms with van der Waals surface area (Å²) < 4.78 is 3.97. The normalized spacial score (nSPS) is 12.2. The lowest BCUT2D eigenvalue weighted by atomic mass is 10.3. The summed E-state index contributed by atoms with van der Waals surface area (Å²) in [5.41, 5.74) is 9.07. The van der Waals surface area contributed by atoms with Crippen LogP contribution in [0.2, 0.25) is 0 Å². The van der Waals surface area contributed by atoms with E-state index in [4.69, 9.17) is 5.73 Å². The van der Waals surface area contributed by atoms with Gasteiger partial charge in [0.05, 0.1) is 5.69 Å². The standard InChI is InChI=1S/C14H26N6/c1-6-11-12-13(19(5)17-11)20(14(15)16-12)9-7-8-18(4)10(2)3/h10H,6-9H2,1-5H3,(H2,15,16). The van der Waals surface area contributed by atoms with E-state index in [-0.39, 0.29) is 0 Å². The molecule has 0 fully saturated rings. The van der Waals surface area contributed by atoms with Crippen molar-refractivity contribution in [3.05, 3.63) is 5.69 Å². The van der Waals surface area contributed by atoms with Crippen molar-refractivity contribution in [1.82, 2.24) is 24.2 Å². The molecule has 0 saturated heterocycles. The fourth-order valence-electron chi connectivity index (χ4n) is 2.45. The van der Waals surface area contributed by atoms with Crippen LogP contribution in [0, 0.1) is 0 Å². The average molecular weight is 278 g/mol. The predicted octanol–water partition coefficient (Wildman–Crippen LogP) is 1.64. The highest BCUT2D eigenvalue weighted by atomic mass is 15.3. The summed E-state index contributed by atoms with van der Waals surface area (Å²) in [6.45, 7) is 8.43. The zero-order valence-corrected chi connectivity index (χ0v) is 13.2. The van der Waals surface area contributed by atoms with E-state index in [1.807, 2.05) is 11.7 Å². The Kier molecular flexibility index (Phi) is 4.32. The Labute approximate surface area is 120 Å². The predicted molar refractivity (Wildman–Crippen MR) is 82.7 cm³/mol. The minimum Gasteiger partial charge on any atom is -0.369 e. The SMILES string of the molecule is CCc1nn(C)c2c1nc(N)n2CCCN(C)C(C)C. The molecule has 2 aromatic heterocycles. The van der Waals surface area contributed by atoms with Gasteiger partial charge in [-0.25, -0.2) is 4.98 Å². The van der Waals surface area contributed by atoms with Crippen LogP contribution in [0.25, 0.3) is 11.2 Å². The van der Waals surface area contributed by atoms with E-state index in [1.54, 1.807) is 0 Å². The number of nitrogens with zero attached hydrogens (tertiary/aromatic N) is 5. The molecule has 20 heavy (non-hydrogen) atoms. The van der Waals surface area contributed by atoms with Gasteiger partial charge in [-0.2, -0.15) is 5.10 Å². The summed E-state index contributed by atoms with van der Waals surface area (Å²) >= 11 is 0. The number of anilines is 1. The fourth-order valence-corrected chi connectivity index (χ4v) is 2.45. The smallest absolute Gasteiger partial charge is 0.202 e. The molecule has 0 radical (unpaired) electrons. The van der Waals surface area contributed by atoms with Crippen LogP contribution in [0.4, 0.5) is 5.95 Å². The molecule has 0 amide bonds. The summed E-state index contributed by atoms with van der Waals surface area (Å²) in [5.74, 6) is 0.593. The maximum atomic E-state index is 6.06. The second-order valence-corrected chi connectivity index (χ2v) is 5.65. The highest BCUT2D eigenvalue weighted by Gasteiger charge is 2.16. The molecule has 2 heterocycles. The number of fused-ring (bicyclic) bond motifs is 1. The van der Waals surface area contributed by atoms with Gasteiger partial charge in [0.25, 0.3) is 0 Å². The van der Waals surface area contributed by atoms with Gasteiger partial charge < -0.3 is 10.6 Å². The summed E-state index contributed by atoms with van der Waals surface area (Å²) in [6, 6.07) is 0.568. The van der Waals surface area contributed by atoms with Crippen LogP contribution in [0.1, 0.15) is 32.9 Å². The van der Waals surface area contributed by atoms with Crippen molar-refractivity contribution in [2.45, 2.75) is 46.2 Å². The molecule has 0 saturated carbocycles. The van der Waals surface area contributed by atoms with Crippen molar-refractivity contribution >= 4 is 17.1 Å². The molecule has 6 heteroatoms. The van der Waals surface area contributed by atoms with Gasteiger partial charge in [0.2, 0.25) is 5.95 Å². The van der Waals surface area contributed by atoms with Crippen LogP contribution in [0.3, 0.4) is 0 Å². The van der Waals surface area contributed by atoms with Crippen molar-refractivity contribution in [2.75, 3.05) is 19.3 Å². The van der Waals surface area contributed by atoms with Crippen LogP contribution < -0.4 is 5.73 Å². The number of aryl methyl sites for hydroxylation is 3. The summed E-state index contributed by atoms with van der Waals surface area (Å²) in [4.78, 5) is 6.82. The van der Waals surface area contributed by atoms with Crippen molar-refractivity contribution in [2.24, 2.45) is 7.05 Å². The number of aromatic nitrogens is 4. The first kappa shape index (κ1) is 14.8. The molecular formula is C14H26N6. The van der Waals surface area contributed by atoms with Crippen LogP contribution in [0.15, 0.2) is 0 Å². The van der Waals surface area contributed by atoms with E-state index in [2.05, 4.69) is 47.4 Å². The Morgan fingerprint density at radius 2 is 2.05 bits per heavy atom. The van der Waals surface area contributed by atoms with Gasteiger partial charge in [-0.1, -0.05) is 6.92 Å². The zero-order chi connectivity index (χ0) is 14.9. The monoisotopic (exact) mass is 278 g/mol. The van der Waals surface area contributed by atoms with E-state index in [1.165, 1.54) is 0 Å². The minimum absolute atomic E-state index is 0.568. The van der Waals surface area contributed by atoms with Crippen molar-refractivity contribution in [3.63, 3.8) is 0 Å². The first-order chi connectivity index (χ1) is 9.45. The molecule has 0 bridgehead atoms. The van der Waals surface area contributed by atoms with Gasteiger partial charge in [-0.3, -0.25) is 9.25 Å². The number of hydrogen-bond acceptors (Lipinski definition) is 4. The van der Waals surface area contributed by atoms with E-state index >= 15 is 0 Å². The molecule has 2 rings (SSSR count). The molecule has 112 valence electrons. The van der Waals surface area contributed by atoms with Crippen LogP contribution in [0.5, 0.6) is 0 Å². The zero-order valence-electron chi connectivity index (χ0n) is 13.2. The first-order valence-electron chi connectivity index (χ1n) is 7.33. The molecule has 0 aliphatic rings. The number of nitrogens with two attached hydrogens (primary N) is 1. The number of rotatable bonds is 6. The van der Waals surface area contributed by atoms with Gasteiger partial charge in [0.1, 0.15) is 5.52 Å². The van der Waals surface area contributed by atoms with E-state index in [0.29, 0.717) is 12.0 Å². The Morgan fingerprint density at radius 3 is 2.65 bits per heavy atom. The Hall–Kier alpha value is -1.56. The van der Waals surface area contributed by atoms with Crippen LogP contribution in [-0.4, -0.2) is 43.9 Å². The maximum absolute atomic E-state index is 6.06. The molecule has 0 aliphatic carbocycles. The largest absolute Gasteiger partial charge is 0.369 e. The first-order valence-corrected chi connectivity index (χ1v) is 7.33. The van der Waals surface area contributed by atoms with Crippen molar-refractivity contribution in [3.8, 4) is 0 Å². The second-order valence-electron chi connectivity index (χ2n) is 5.65. The second kappa shape index (κ2) is 5.83. The maximum Gasteiger partial charge on any atom is 0.202 e. The van der Waals surface area contributed by atoms with E-state index in [9.17, 15) is 0 Å². The number of nitrogen functional groups attached to an aromatic ring is 1. The highest BCUT2D eigenvalue weighted by Crippen LogP contribution is 2.21. The molecule has 2 N–H and O–H groups in total. The average Bonchev–Trinajstić information content (AvgIpc) is 2.87. The van der Waals surface area contributed by atoms with Crippen LogP contribution >= 0.6 is 0 Å². The molecule has 0 atom stereocenters. The van der Waals surface area contributed by atoms with Gasteiger partial charge in [-0.05, 0) is 40.3 Å². The third-order valence-electron chi connectivity index (χ3n) is 3.93. The highest BCUT2D eigenvalue weighted by molar-refractivity contribution is 5.77. The third kappa shape index (κ3) is 2.65. The van der Waals surface area contributed by atoms with Crippen molar-refractivity contribution < 1.29 is 0 Å². The number of hydrogen-bond donors (Lipinski definition) is 1. The Morgan fingerprint density at radius 1 is 1.35 bits per heavy atom. The van der Waals surface area contributed by atoms with E-state index < -0.39 is 0 Å². The van der Waals surface area contributed by atoms with Gasteiger partial charge in [0.15, 0.2) is 5.65 Å².